The van der Waals surface area contributed by atoms with Crippen LogP contribution in [-0.4, -0.2) is 43.2 Å². The Balaban J connectivity index is 2.51. The molecule has 1 rings (SSSR count). The van der Waals surface area contributed by atoms with Crippen LogP contribution in [0, 0.1) is 0 Å². The van der Waals surface area contributed by atoms with E-state index >= 15 is 0 Å². The number of methoxy groups -OCH3 is 1. The number of rotatable bonds is 6. The highest BCUT2D eigenvalue weighted by Crippen LogP contribution is 2.12. The van der Waals surface area contributed by atoms with Crippen LogP contribution in [0.1, 0.15) is 13.3 Å². The molecular weight excluding hydrogens is 222 g/mol. The van der Waals surface area contributed by atoms with Gasteiger partial charge in [-0.1, -0.05) is 0 Å². The molecule has 1 aromatic rings. The van der Waals surface area contributed by atoms with Gasteiger partial charge in [0.2, 0.25) is 5.88 Å². The number of esters is 1. The summed E-state index contributed by atoms with van der Waals surface area (Å²) in [5.74, 6) is 0.898. The van der Waals surface area contributed by atoms with Crippen LogP contribution in [0.3, 0.4) is 0 Å². The molecular formula is C11H17N3O3. The van der Waals surface area contributed by atoms with Crippen LogP contribution in [0.2, 0.25) is 0 Å². The Labute approximate surface area is 101 Å². The van der Waals surface area contributed by atoms with Gasteiger partial charge in [0, 0.05) is 13.6 Å². The zero-order valence-corrected chi connectivity index (χ0v) is 10.3. The Morgan fingerprint density at radius 1 is 1.47 bits per heavy atom. The van der Waals surface area contributed by atoms with Crippen molar-refractivity contribution in [3.63, 3.8) is 0 Å². The fourth-order valence-corrected chi connectivity index (χ4v) is 1.23. The molecule has 6 heteroatoms. The normalized spacial score (nSPS) is 9.82. The Morgan fingerprint density at radius 3 is 2.88 bits per heavy atom. The fraction of sp³-hybridized carbons (Fsp3) is 0.545. The number of hydrogen-bond acceptors (Lipinski definition) is 6. The first kappa shape index (κ1) is 13.2. The standard InChI is InChI=1S/C11H17N3O3/c1-4-17-11(15)5-6-14(2)9-7-12-8-10(13-9)16-3/h7-8H,4-6H2,1-3H3. The Bertz CT molecular complexity index is 371. The van der Waals surface area contributed by atoms with Crippen molar-refractivity contribution in [3.8, 4) is 5.88 Å². The summed E-state index contributed by atoms with van der Waals surface area (Å²) in [4.78, 5) is 21.2. The van der Waals surface area contributed by atoms with E-state index in [1.54, 1.807) is 13.1 Å². The van der Waals surface area contributed by atoms with Gasteiger partial charge in [0.25, 0.3) is 0 Å². The highest BCUT2D eigenvalue weighted by Gasteiger charge is 2.08. The van der Waals surface area contributed by atoms with E-state index in [4.69, 9.17) is 9.47 Å². The largest absolute Gasteiger partial charge is 0.480 e. The molecule has 6 nitrogen and oxygen atoms in total. The molecule has 0 fully saturated rings. The summed E-state index contributed by atoms with van der Waals surface area (Å²) in [6.07, 6.45) is 3.47. The second kappa shape index (κ2) is 6.67. The average molecular weight is 239 g/mol. The molecule has 0 unspecified atom stereocenters. The molecule has 1 heterocycles. The van der Waals surface area contributed by atoms with Gasteiger partial charge in [0.1, 0.15) is 0 Å². The molecule has 0 bridgehead atoms. The summed E-state index contributed by atoms with van der Waals surface area (Å²) in [7, 11) is 3.37. The third-order valence-corrected chi connectivity index (χ3v) is 2.16. The lowest BCUT2D eigenvalue weighted by atomic mass is 10.4. The van der Waals surface area contributed by atoms with Crippen LogP contribution in [0.25, 0.3) is 0 Å². The van der Waals surface area contributed by atoms with Gasteiger partial charge in [0.15, 0.2) is 5.82 Å². The fourth-order valence-electron chi connectivity index (χ4n) is 1.23. The van der Waals surface area contributed by atoms with E-state index in [1.165, 1.54) is 13.3 Å². The molecule has 17 heavy (non-hydrogen) atoms. The second-order valence-corrected chi connectivity index (χ2v) is 3.40. The van der Waals surface area contributed by atoms with Gasteiger partial charge in [-0.15, -0.1) is 0 Å². The third-order valence-electron chi connectivity index (χ3n) is 2.16. The predicted molar refractivity (Wildman–Crippen MR) is 63.1 cm³/mol. The number of aromatic nitrogens is 2. The minimum Gasteiger partial charge on any atom is -0.480 e. The molecule has 0 aliphatic carbocycles. The highest BCUT2D eigenvalue weighted by molar-refractivity contribution is 5.70. The summed E-state index contributed by atoms with van der Waals surface area (Å²) in [5, 5.41) is 0. The van der Waals surface area contributed by atoms with Crippen molar-refractivity contribution in [2.75, 3.05) is 32.2 Å². The Hall–Kier alpha value is -1.85. The predicted octanol–water partition coefficient (Wildman–Crippen LogP) is 0.875. The van der Waals surface area contributed by atoms with E-state index < -0.39 is 0 Å². The molecule has 0 aromatic carbocycles. The molecule has 0 aliphatic rings. The average Bonchev–Trinajstić information content (AvgIpc) is 2.36. The van der Waals surface area contributed by atoms with Gasteiger partial charge in [0.05, 0.1) is 32.5 Å². The van der Waals surface area contributed by atoms with Crippen LogP contribution in [-0.2, 0) is 9.53 Å². The monoisotopic (exact) mass is 239 g/mol. The summed E-state index contributed by atoms with van der Waals surface area (Å²) in [6, 6.07) is 0. The SMILES string of the molecule is CCOC(=O)CCN(C)c1cncc(OC)n1. The molecule has 0 N–H and O–H groups in total. The van der Waals surface area contributed by atoms with E-state index in [9.17, 15) is 4.79 Å². The summed E-state index contributed by atoms with van der Waals surface area (Å²) < 4.78 is 9.82. The first-order chi connectivity index (χ1) is 8.17. The molecule has 1 aromatic heterocycles. The van der Waals surface area contributed by atoms with E-state index in [2.05, 4.69) is 9.97 Å². The van der Waals surface area contributed by atoms with E-state index in [-0.39, 0.29) is 5.97 Å². The molecule has 0 radical (unpaired) electrons. The molecule has 0 atom stereocenters. The van der Waals surface area contributed by atoms with Gasteiger partial charge in [-0.25, -0.2) is 0 Å². The van der Waals surface area contributed by atoms with Crippen molar-refractivity contribution in [1.82, 2.24) is 9.97 Å². The first-order valence-corrected chi connectivity index (χ1v) is 5.40. The minimum atomic E-state index is -0.213. The molecule has 0 saturated carbocycles. The molecule has 0 amide bonds. The van der Waals surface area contributed by atoms with Crippen LogP contribution in [0.5, 0.6) is 5.88 Å². The molecule has 0 spiro atoms. The maximum atomic E-state index is 11.2. The van der Waals surface area contributed by atoms with Gasteiger partial charge in [-0.2, -0.15) is 4.98 Å². The number of carbonyl (C=O) groups is 1. The Morgan fingerprint density at radius 2 is 2.24 bits per heavy atom. The van der Waals surface area contributed by atoms with Crippen LogP contribution in [0.4, 0.5) is 5.82 Å². The van der Waals surface area contributed by atoms with Gasteiger partial charge >= 0.3 is 5.97 Å². The Kier molecular flexibility index (Phi) is 5.19. The molecule has 0 aliphatic heterocycles. The van der Waals surface area contributed by atoms with Gasteiger partial charge < -0.3 is 14.4 Å². The first-order valence-electron chi connectivity index (χ1n) is 5.40. The van der Waals surface area contributed by atoms with Crippen molar-refractivity contribution in [1.29, 1.82) is 0 Å². The lowest BCUT2D eigenvalue weighted by molar-refractivity contribution is -0.142. The lowest BCUT2D eigenvalue weighted by Gasteiger charge is -2.17. The van der Waals surface area contributed by atoms with Crippen molar-refractivity contribution in [3.05, 3.63) is 12.4 Å². The van der Waals surface area contributed by atoms with Crippen LogP contribution >= 0.6 is 0 Å². The molecule has 0 saturated heterocycles. The van der Waals surface area contributed by atoms with Gasteiger partial charge in [-0.3, -0.25) is 9.78 Å². The third kappa shape index (κ3) is 4.26. The van der Waals surface area contributed by atoms with Gasteiger partial charge in [-0.05, 0) is 6.92 Å². The van der Waals surface area contributed by atoms with Crippen molar-refractivity contribution in [2.45, 2.75) is 13.3 Å². The van der Waals surface area contributed by atoms with Crippen LogP contribution < -0.4 is 9.64 Å². The number of anilines is 1. The summed E-state index contributed by atoms with van der Waals surface area (Å²) in [6.45, 7) is 2.72. The quantitative estimate of drug-likeness (QED) is 0.686. The van der Waals surface area contributed by atoms with E-state index in [0.717, 1.165) is 0 Å². The topological polar surface area (TPSA) is 64.5 Å². The zero-order chi connectivity index (χ0) is 12.7. The van der Waals surface area contributed by atoms with E-state index in [0.29, 0.717) is 31.3 Å². The summed E-state index contributed by atoms with van der Waals surface area (Å²) >= 11 is 0. The maximum Gasteiger partial charge on any atom is 0.307 e. The minimum absolute atomic E-state index is 0.213. The maximum absolute atomic E-state index is 11.2. The zero-order valence-electron chi connectivity index (χ0n) is 10.3. The summed E-state index contributed by atoms with van der Waals surface area (Å²) in [5.41, 5.74) is 0. The number of nitrogens with zero attached hydrogens (tertiary/aromatic N) is 3. The number of hydrogen-bond donors (Lipinski definition) is 0. The van der Waals surface area contributed by atoms with Crippen LogP contribution in [0.15, 0.2) is 12.4 Å². The molecule has 94 valence electrons. The van der Waals surface area contributed by atoms with Crippen molar-refractivity contribution >= 4 is 11.8 Å². The second-order valence-electron chi connectivity index (χ2n) is 3.40. The smallest absolute Gasteiger partial charge is 0.307 e. The van der Waals surface area contributed by atoms with Crippen molar-refractivity contribution in [2.24, 2.45) is 0 Å². The number of ether oxygens (including phenoxy) is 2. The lowest BCUT2D eigenvalue weighted by Crippen LogP contribution is -2.23. The highest BCUT2D eigenvalue weighted by atomic mass is 16.5. The van der Waals surface area contributed by atoms with Crippen molar-refractivity contribution < 1.29 is 14.3 Å². The van der Waals surface area contributed by atoms with E-state index in [1.807, 2.05) is 11.9 Å². The number of carbonyl (C=O) groups excluding carboxylic acids is 1.